The number of nitrogens with two attached hydrogens (primary N) is 1. The van der Waals surface area contributed by atoms with E-state index in [9.17, 15) is 4.39 Å². The first-order valence-corrected chi connectivity index (χ1v) is 2.59. The first-order chi connectivity index (χ1) is 4.20. The van der Waals surface area contributed by atoms with Gasteiger partial charge >= 0.3 is 0 Å². The van der Waals surface area contributed by atoms with E-state index in [4.69, 9.17) is 5.73 Å². The van der Waals surface area contributed by atoms with Crippen LogP contribution in [0.3, 0.4) is 0 Å². The molecule has 0 aliphatic heterocycles. The van der Waals surface area contributed by atoms with Crippen LogP contribution < -0.4 is 5.73 Å². The lowest BCUT2D eigenvalue weighted by molar-refractivity contribution is 0.626. The van der Waals surface area contributed by atoms with Crippen molar-refractivity contribution in [2.24, 2.45) is 0 Å². The third-order valence-corrected chi connectivity index (χ3v) is 1.01. The van der Waals surface area contributed by atoms with Gasteiger partial charge in [0.25, 0.3) is 0 Å². The van der Waals surface area contributed by atoms with Gasteiger partial charge in [0.05, 0.1) is 0 Å². The van der Waals surface area contributed by atoms with Crippen molar-refractivity contribution in [3.8, 4) is 0 Å². The van der Waals surface area contributed by atoms with E-state index in [1.165, 1.54) is 6.07 Å². The highest BCUT2D eigenvalue weighted by molar-refractivity contribution is 5.85. The summed E-state index contributed by atoms with van der Waals surface area (Å²) in [5, 5.41) is 0. The van der Waals surface area contributed by atoms with Crippen LogP contribution in [0.15, 0.2) is 12.1 Å². The van der Waals surface area contributed by atoms with Crippen LogP contribution in [0.25, 0.3) is 0 Å². The average molecular weight is 163 g/mol. The van der Waals surface area contributed by atoms with Gasteiger partial charge in [0, 0.05) is 5.69 Å². The van der Waals surface area contributed by atoms with E-state index >= 15 is 0 Å². The van der Waals surface area contributed by atoms with Crippen LogP contribution in [0.5, 0.6) is 0 Å². The number of halogens is 2. The van der Waals surface area contributed by atoms with E-state index in [-0.39, 0.29) is 18.2 Å². The molecule has 0 spiro atoms. The lowest BCUT2D eigenvalue weighted by Crippen LogP contribution is -1.95. The molecule has 1 heterocycles. The number of hydrogen-bond donors (Lipinski definition) is 1. The van der Waals surface area contributed by atoms with Crippen LogP contribution >= 0.6 is 12.4 Å². The molecule has 56 valence electrons. The minimum atomic E-state index is -0.458. The molecule has 0 aliphatic rings. The Hall–Kier alpha value is -0.830. The summed E-state index contributed by atoms with van der Waals surface area (Å²) in [6.45, 7) is 1.76. The summed E-state index contributed by atoms with van der Waals surface area (Å²) in [6.07, 6.45) is 0. The molecule has 0 aliphatic carbocycles. The van der Waals surface area contributed by atoms with Crippen LogP contribution in [-0.4, -0.2) is 4.98 Å². The van der Waals surface area contributed by atoms with E-state index in [0.717, 1.165) is 5.69 Å². The third kappa shape index (κ3) is 1.84. The first-order valence-electron chi connectivity index (χ1n) is 2.59. The fraction of sp³-hybridized carbons (Fsp3) is 0.167. The number of rotatable bonds is 0. The molecule has 0 unspecified atom stereocenters. The summed E-state index contributed by atoms with van der Waals surface area (Å²) in [5.74, 6) is -0.490. The molecule has 1 aromatic rings. The topological polar surface area (TPSA) is 38.9 Å². The predicted octanol–water partition coefficient (Wildman–Crippen LogP) is 1.53. The van der Waals surface area contributed by atoms with Crippen LogP contribution in [0.1, 0.15) is 5.69 Å². The zero-order valence-corrected chi connectivity index (χ0v) is 6.28. The molecule has 1 rings (SSSR count). The van der Waals surface area contributed by atoms with Crippen molar-refractivity contribution >= 4 is 18.2 Å². The molecular formula is C6H8ClFN2. The maximum Gasteiger partial charge on any atom is 0.165 e. The first kappa shape index (κ1) is 9.17. The lowest BCUT2D eigenvalue weighted by atomic mass is 10.4. The van der Waals surface area contributed by atoms with Crippen LogP contribution in [0.4, 0.5) is 10.2 Å². The summed E-state index contributed by atoms with van der Waals surface area (Å²) in [6, 6.07) is 2.88. The van der Waals surface area contributed by atoms with Gasteiger partial charge in [0.2, 0.25) is 0 Å². The molecule has 0 atom stereocenters. The highest BCUT2D eigenvalue weighted by Gasteiger charge is 1.95. The fourth-order valence-electron chi connectivity index (χ4n) is 0.560. The van der Waals surface area contributed by atoms with E-state index in [1.54, 1.807) is 13.0 Å². The largest absolute Gasteiger partial charge is 0.381 e. The van der Waals surface area contributed by atoms with Gasteiger partial charge < -0.3 is 5.73 Å². The molecule has 4 heteroatoms. The van der Waals surface area contributed by atoms with Crippen molar-refractivity contribution in [3.63, 3.8) is 0 Å². The van der Waals surface area contributed by atoms with E-state index in [1.807, 2.05) is 0 Å². The monoisotopic (exact) mass is 162 g/mol. The van der Waals surface area contributed by atoms with E-state index in [0.29, 0.717) is 0 Å². The molecule has 0 fully saturated rings. The number of nitrogen functional groups attached to an aromatic ring is 1. The van der Waals surface area contributed by atoms with Gasteiger partial charge in [0.1, 0.15) is 0 Å². The Kier molecular flexibility index (Phi) is 3.09. The highest BCUT2D eigenvalue weighted by Crippen LogP contribution is 2.05. The number of aryl methyl sites for hydroxylation is 1. The molecule has 0 saturated heterocycles. The Labute approximate surface area is 64.7 Å². The Morgan fingerprint density at radius 1 is 1.50 bits per heavy atom. The van der Waals surface area contributed by atoms with Gasteiger partial charge in [-0.15, -0.1) is 12.4 Å². The molecule has 2 nitrogen and oxygen atoms in total. The zero-order chi connectivity index (χ0) is 6.85. The standard InChI is InChI=1S/C6H7FN2.ClH/c1-4-2-3-5(7)6(8)9-4;/h2-3H,1H3,(H2,8,9);1H. The second kappa shape index (κ2) is 3.37. The molecule has 0 aromatic carbocycles. The second-order valence-electron chi connectivity index (χ2n) is 1.82. The molecular weight excluding hydrogens is 155 g/mol. The van der Waals surface area contributed by atoms with Crippen molar-refractivity contribution in [2.75, 3.05) is 5.73 Å². The molecule has 0 bridgehead atoms. The predicted molar refractivity (Wildman–Crippen MR) is 40.6 cm³/mol. The van der Waals surface area contributed by atoms with Gasteiger partial charge in [-0.05, 0) is 19.1 Å². The van der Waals surface area contributed by atoms with Crippen LogP contribution in [0.2, 0.25) is 0 Å². The Bertz CT molecular complexity index is 227. The summed E-state index contributed by atoms with van der Waals surface area (Å²) in [4.78, 5) is 3.68. The van der Waals surface area contributed by atoms with Gasteiger partial charge in [-0.1, -0.05) is 0 Å². The number of anilines is 1. The lowest BCUT2D eigenvalue weighted by Gasteiger charge is -1.94. The van der Waals surface area contributed by atoms with Crippen molar-refractivity contribution in [2.45, 2.75) is 6.92 Å². The Balaban J connectivity index is 0.000000810. The maximum atomic E-state index is 12.3. The number of aromatic nitrogens is 1. The molecule has 1 aromatic heterocycles. The third-order valence-electron chi connectivity index (χ3n) is 1.01. The van der Waals surface area contributed by atoms with Crippen molar-refractivity contribution in [1.82, 2.24) is 4.98 Å². The summed E-state index contributed by atoms with van der Waals surface area (Å²) < 4.78 is 12.3. The Morgan fingerprint density at radius 3 is 2.50 bits per heavy atom. The molecule has 2 N–H and O–H groups in total. The van der Waals surface area contributed by atoms with E-state index < -0.39 is 5.82 Å². The Morgan fingerprint density at radius 2 is 2.10 bits per heavy atom. The quantitative estimate of drug-likeness (QED) is 0.629. The SMILES string of the molecule is Cc1ccc(F)c(N)n1.Cl. The minimum Gasteiger partial charge on any atom is -0.381 e. The minimum absolute atomic E-state index is 0. The normalized spacial score (nSPS) is 8.60. The highest BCUT2D eigenvalue weighted by atomic mass is 35.5. The number of nitrogens with zero attached hydrogens (tertiary/aromatic N) is 1. The van der Waals surface area contributed by atoms with Gasteiger partial charge in [-0.3, -0.25) is 0 Å². The number of hydrogen-bond acceptors (Lipinski definition) is 2. The van der Waals surface area contributed by atoms with E-state index in [2.05, 4.69) is 4.98 Å². The zero-order valence-electron chi connectivity index (χ0n) is 5.47. The average Bonchev–Trinajstić information content (AvgIpc) is 1.80. The maximum absolute atomic E-state index is 12.3. The van der Waals surface area contributed by atoms with Gasteiger partial charge in [-0.25, -0.2) is 9.37 Å². The summed E-state index contributed by atoms with van der Waals surface area (Å²) >= 11 is 0. The fourth-order valence-corrected chi connectivity index (χ4v) is 0.560. The van der Waals surface area contributed by atoms with Crippen LogP contribution in [-0.2, 0) is 0 Å². The van der Waals surface area contributed by atoms with Crippen LogP contribution in [0, 0.1) is 12.7 Å². The van der Waals surface area contributed by atoms with Crippen molar-refractivity contribution in [3.05, 3.63) is 23.6 Å². The smallest absolute Gasteiger partial charge is 0.165 e. The summed E-state index contributed by atoms with van der Waals surface area (Å²) in [7, 11) is 0. The van der Waals surface area contributed by atoms with Crippen molar-refractivity contribution < 1.29 is 4.39 Å². The second-order valence-corrected chi connectivity index (χ2v) is 1.82. The molecule has 0 amide bonds. The van der Waals surface area contributed by atoms with Gasteiger partial charge in [0.15, 0.2) is 11.6 Å². The number of pyridine rings is 1. The van der Waals surface area contributed by atoms with Crippen molar-refractivity contribution in [1.29, 1.82) is 0 Å². The molecule has 0 saturated carbocycles. The molecule has 0 radical (unpaired) electrons. The molecule has 10 heavy (non-hydrogen) atoms. The summed E-state index contributed by atoms with van der Waals surface area (Å²) in [5.41, 5.74) is 5.86. The van der Waals surface area contributed by atoms with Gasteiger partial charge in [-0.2, -0.15) is 0 Å².